The molecule has 0 saturated heterocycles. The van der Waals surface area contributed by atoms with Gasteiger partial charge in [-0.15, -0.1) is 0 Å². The van der Waals surface area contributed by atoms with E-state index in [4.69, 9.17) is 5.11 Å². The molecule has 0 aromatic heterocycles. The van der Waals surface area contributed by atoms with E-state index in [9.17, 15) is 4.79 Å². The average Bonchev–Trinajstić information content (AvgIpc) is 2.64. The summed E-state index contributed by atoms with van der Waals surface area (Å²) in [5.74, 6) is 1.38. The molecule has 10 heavy (non-hydrogen) atoms. The third-order valence-corrected chi connectivity index (χ3v) is 2.65. The molecular formula is C8H12O2. The number of ketones is 1. The molecule has 2 unspecified atom stereocenters. The summed E-state index contributed by atoms with van der Waals surface area (Å²) in [6, 6.07) is 0. The van der Waals surface area contributed by atoms with Gasteiger partial charge in [-0.1, -0.05) is 0 Å². The third kappa shape index (κ3) is 0.966. The molecule has 2 aliphatic carbocycles. The number of aliphatic hydroxyl groups excluding tert-OH is 1. The molecule has 0 aliphatic heterocycles. The summed E-state index contributed by atoms with van der Waals surface area (Å²) in [7, 11) is 0. The minimum atomic E-state index is -0.620. The lowest BCUT2D eigenvalue weighted by atomic mass is 10.0. The van der Waals surface area contributed by atoms with Gasteiger partial charge in [0.25, 0.3) is 0 Å². The van der Waals surface area contributed by atoms with E-state index in [1.807, 2.05) is 0 Å². The summed E-state index contributed by atoms with van der Waals surface area (Å²) in [4.78, 5) is 10.9. The lowest BCUT2D eigenvalue weighted by Crippen LogP contribution is -2.10. The van der Waals surface area contributed by atoms with Crippen molar-refractivity contribution in [3.05, 3.63) is 0 Å². The molecule has 0 radical (unpaired) electrons. The fourth-order valence-corrected chi connectivity index (χ4v) is 1.82. The molecule has 2 nitrogen and oxygen atoms in total. The van der Waals surface area contributed by atoms with Crippen LogP contribution >= 0.6 is 0 Å². The fourth-order valence-electron chi connectivity index (χ4n) is 1.82. The Hall–Kier alpha value is -0.370. The lowest BCUT2D eigenvalue weighted by molar-refractivity contribution is -0.124. The van der Waals surface area contributed by atoms with Crippen LogP contribution in [0.1, 0.15) is 25.7 Å². The van der Waals surface area contributed by atoms with Gasteiger partial charge in [0.05, 0.1) is 0 Å². The molecule has 2 aliphatic rings. The van der Waals surface area contributed by atoms with Gasteiger partial charge in [0.15, 0.2) is 5.78 Å². The monoisotopic (exact) mass is 140 g/mol. The molecule has 0 heterocycles. The van der Waals surface area contributed by atoms with Gasteiger partial charge < -0.3 is 5.11 Å². The quantitative estimate of drug-likeness (QED) is 0.583. The highest BCUT2D eigenvalue weighted by atomic mass is 16.3. The van der Waals surface area contributed by atoms with Gasteiger partial charge in [0.2, 0.25) is 0 Å². The molecule has 1 N–H and O–H groups in total. The topological polar surface area (TPSA) is 37.3 Å². The Kier molecular flexibility index (Phi) is 1.31. The summed E-state index contributed by atoms with van der Waals surface area (Å²) >= 11 is 0. The van der Waals surface area contributed by atoms with Crippen LogP contribution in [0.15, 0.2) is 0 Å². The number of hydrogen-bond acceptors (Lipinski definition) is 2. The first-order chi connectivity index (χ1) is 4.77. The molecule has 2 fully saturated rings. The van der Waals surface area contributed by atoms with Crippen molar-refractivity contribution in [3.8, 4) is 0 Å². The highest BCUT2D eigenvalue weighted by molar-refractivity contribution is 5.85. The average molecular weight is 140 g/mol. The number of aliphatic hydroxyl groups is 1. The predicted octanol–water partition coefficient (Wildman–Crippen LogP) is 0.736. The standard InChI is InChI=1S/C8H12O2/c9-7-3-6(4-8(7)10)5-1-2-5/h5-7,9H,1-4H2. The van der Waals surface area contributed by atoms with E-state index in [-0.39, 0.29) is 5.78 Å². The molecule has 0 amide bonds. The fraction of sp³-hybridized carbons (Fsp3) is 0.875. The van der Waals surface area contributed by atoms with Gasteiger partial charge in [-0.25, -0.2) is 0 Å². The van der Waals surface area contributed by atoms with E-state index in [0.717, 1.165) is 12.3 Å². The number of hydrogen-bond donors (Lipinski definition) is 1. The highest BCUT2D eigenvalue weighted by Gasteiger charge is 2.40. The van der Waals surface area contributed by atoms with E-state index >= 15 is 0 Å². The number of rotatable bonds is 1. The number of carbonyl (C=O) groups excluding carboxylic acids is 1. The second kappa shape index (κ2) is 2.06. The summed E-state index contributed by atoms with van der Waals surface area (Å²) < 4.78 is 0. The van der Waals surface area contributed by atoms with Crippen LogP contribution < -0.4 is 0 Å². The SMILES string of the molecule is O=C1CC(C2CC2)CC1O. The molecule has 2 saturated carbocycles. The minimum Gasteiger partial charge on any atom is -0.385 e. The van der Waals surface area contributed by atoms with Crippen molar-refractivity contribution in [1.82, 2.24) is 0 Å². The van der Waals surface area contributed by atoms with Crippen molar-refractivity contribution in [3.63, 3.8) is 0 Å². The predicted molar refractivity (Wildman–Crippen MR) is 36.5 cm³/mol. The summed E-state index contributed by atoms with van der Waals surface area (Å²) in [5, 5.41) is 9.10. The van der Waals surface area contributed by atoms with Gasteiger partial charge in [0.1, 0.15) is 6.10 Å². The number of carbonyl (C=O) groups is 1. The molecule has 0 aromatic carbocycles. The van der Waals surface area contributed by atoms with Crippen molar-refractivity contribution in [1.29, 1.82) is 0 Å². The van der Waals surface area contributed by atoms with E-state index in [1.54, 1.807) is 0 Å². The Balaban J connectivity index is 1.97. The summed E-state index contributed by atoms with van der Waals surface area (Å²) in [6.07, 6.45) is 3.33. The molecule has 0 aromatic rings. The Bertz CT molecular complexity index is 161. The Morgan fingerprint density at radius 2 is 2.00 bits per heavy atom. The Morgan fingerprint density at radius 3 is 2.40 bits per heavy atom. The highest BCUT2D eigenvalue weighted by Crippen LogP contribution is 2.43. The minimum absolute atomic E-state index is 0.0666. The molecule has 0 bridgehead atoms. The molecule has 2 atom stereocenters. The smallest absolute Gasteiger partial charge is 0.161 e. The molecule has 0 spiro atoms. The molecule has 2 rings (SSSR count). The van der Waals surface area contributed by atoms with Crippen molar-refractivity contribution in [2.45, 2.75) is 31.8 Å². The third-order valence-electron chi connectivity index (χ3n) is 2.65. The summed E-state index contributed by atoms with van der Waals surface area (Å²) in [5.41, 5.74) is 0. The van der Waals surface area contributed by atoms with E-state index in [1.165, 1.54) is 12.8 Å². The van der Waals surface area contributed by atoms with Crippen LogP contribution in [0.4, 0.5) is 0 Å². The van der Waals surface area contributed by atoms with Crippen LogP contribution in [-0.4, -0.2) is 17.0 Å². The maximum absolute atomic E-state index is 10.9. The molecule has 2 heteroatoms. The zero-order valence-electron chi connectivity index (χ0n) is 5.92. The Labute approximate surface area is 60.2 Å². The largest absolute Gasteiger partial charge is 0.385 e. The van der Waals surface area contributed by atoms with E-state index < -0.39 is 6.10 Å². The zero-order valence-corrected chi connectivity index (χ0v) is 5.92. The van der Waals surface area contributed by atoms with Gasteiger partial charge in [0, 0.05) is 6.42 Å². The van der Waals surface area contributed by atoms with E-state index in [0.29, 0.717) is 12.3 Å². The van der Waals surface area contributed by atoms with Gasteiger partial charge in [-0.2, -0.15) is 0 Å². The van der Waals surface area contributed by atoms with Gasteiger partial charge >= 0.3 is 0 Å². The maximum atomic E-state index is 10.9. The van der Waals surface area contributed by atoms with Crippen molar-refractivity contribution >= 4 is 5.78 Å². The van der Waals surface area contributed by atoms with Crippen LogP contribution in [-0.2, 0) is 4.79 Å². The van der Waals surface area contributed by atoms with Gasteiger partial charge in [-0.3, -0.25) is 4.79 Å². The first-order valence-electron chi connectivity index (χ1n) is 3.98. The van der Waals surface area contributed by atoms with Crippen LogP contribution in [0.2, 0.25) is 0 Å². The van der Waals surface area contributed by atoms with Crippen LogP contribution in [0.5, 0.6) is 0 Å². The van der Waals surface area contributed by atoms with Crippen LogP contribution in [0, 0.1) is 11.8 Å². The van der Waals surface area contributed by atoms with Crippen LogP contribution in [0.3, 0.4) is 0 Å². The zero-order chi connectivity index (χ0) is 7.14. The Morgan fingerprint density at radius 1 is 1.30 bits per heavy atom. The molecular weight excluding hydrogens is 128 g/mol. The van der Waals surface area contributed by atoms with E-state index in [2.05, 4.69) is 0 Å². The second-order valence-electron chi connectivity index (χ2n) is 3.52. The maximum Gasteiger partial charge on any atom is 0.161 e. The van der Waals surface area contributed by atoms with Crippen LogP contribution in [0.25, 0.3) is 0 Å². The second-order valence-corrected chi connectivity index (χ2v) is 3.52. The number of Topliss-reactive ketones (excluding diaryl/α,β-unsaturated/α-hetero) is 1. The van der Waals surface area contributed by atoms with Crippen molar-refractivity contribution in [2.24, 2.45) is 11.8 Å². The normalized spacial score (nSPS) is 40.7. The first kappa shape index (κ1) is 6.35. The first-order valence-corrected chi connectivity index (χ1v) is 3.98. The lowest BCUT2D eigenvalue weighted by Gasteiger charge is -2.02. The van der Waals surface area contributed by atoms with Crippen molar-refractivity contribution in [2.75, 3.05) is 0 Å². The molecule has 56 valence electrons. The summed E-state index contributed by atoms with van der Waals surface area (Å²) in [6.45, 7) is 0. The van der Waals surface area contributed by atoms with Gasteiger partial charge in [-0.05, 0) is 31.1 Å². The van der Waals surface area contributed by atoms with Crippen molar-refractivity contribution < 1.29 is 9.90 Å².